The standard InChI is InChI=1S/C20H15N3O3S2/c1-25-14-5-2-4-12(10-14)19-22-15-11-13(7-8-16(15)26-19)21-20(27)23-18(24)17-6-3-9-28-17/h2-11H,1H3,(H2,21,23,24,27). The van der Waals surface area contributed by atoms with E-state index in [-0.39, 0.29) is 11.0 Å². The summed E-state index contributed by atoms with van der Waals surface area (Å²) in [6, 6.07) is 16.5. The van der Waals surface area contributed by atoms with Crippen LogP contribution in [0.25, 0.3) is 22.6 Å². The van der Waals surface area contributed by atoms with Gasteiger partial charge in [-0.1, -0.05) is 12.1 Å². The summed E-state index contributed by atoms with van der Waals surface area (Å²) < 4.78 is 11.1. The Morgan fingerprint density at radius 3 is 2.86 bits per heavy atom. The number of thiocarbonyl (C=S) groups is 1. The smallest absolute Gasteiger partial charge is 0.267 e. The van der Waals surface area contributed by atoms with E-state index in [4.69, 9.17) is 21.4 Å². The van der Waals surface area contributed by atoms with Gasteiger partial charge >= 0.3 is 0 Å². The van der Waals surface area contributed by atoms with E-state index in [1.54, 1.807) is 19.2 Å². The third-order valence-electron chi connectivity index (χ3n) is 3.93. The molecule has 6 nitrogen and oxygen atoms in total. The van der Waals surface area contributed by atoms with Gasteiger partial charge in [0.1, 0.15) is 11.3 Å². The molecule has 8 heteroatoms. The number of benzene rings is 2. The average molecular weight is 409 g/mol. The van der Waals surface area contributed by atoms with Crippen molar-refractivity contribution in [2.45, 2.75) is 0 Å². The molecular weight excluding hydrogens is 394 g/mol. The van der Waals surface area contributed by atoms with E-state index >= 15 is 0 Å². The van der Waals surface area contributed by atoms with Crippen LogP contribution in [0.3, 0.4) is 0 Å². The summed E-state index contributed by atoms with van der Waals surface area (Å²) in [5, 5.41) is 7.71. The molecule has 0 aliphatic carbocycles. The first-order valence-electron chi connectivity index (χ1n) is 8.33. The first-order valence-corrected chi connectivity index (χ1v) is 9.62. The minimum absolute atomic E-state index is 0.217. The SMILES string of the molecule is COc1cccc(-c2nc3cc(NC(=S)NC(=O)c4cccs4)ccc3o2)c1. The molecule has 0 aliphatic rings. The van der Waals surface area contributed by atoms with E-state index in [0.29, 0.717) is 27.6 Å². The van der Waals surface area contributed by atoms with Crippen LogP contribution in [0.15, 0.2) is 64.4 Å². The predicted molar refractivity (Wildman–Crippen MR) is 114 cm³/mol. The topological polar surface area (TPSA) is 76.4 Å². The summed E-state index contributed by atoms with van der Waals surface area (Å²) in [5.41, 5.74) is 2.85. The Bertz CT molecular complexity index is 1150. The van der Waals surface area contributed by atoms with E-state index in [0.717, 1.165) is 11.3 Å². The summed E-state index contributed by atoms with van der Waals surface area (Å²) in [6.45, 7) is 0. The van der Waals surface area contributed by atoms with E-state index in [9.17, 15) is 4.79 Å². The highest BCUT2D eigenvalue weighted by atomic mass is 32.1. The molecule has 0 unspecified atom stereocenters. The average Bonchev–Trinajstić information content (AvgIpc) is 3.37. The Morgan fingerprint density at radius 2 is 2.07 bits per heavy atom. The van der Waals surface area contributed by atoms with Gasteiger partial charge in [0.25, 0.3) is 5.91 Å². The molecule has 1 amide bonds. The van der Waals surface area contributed by atoms with Crippen LogP contribution in [-0.2, 0) is 0 Å². The van der Waals surface area contributed by atoms with Crippen molar-refractivity contribution in [2.75, 3.05) is 12.4 Å². The lowest BCUT2D eigenvalue weighted by molar-refractivity contribution is 0.0981. The van der Waals surface area contributed by atoms with Gasteiger partial charge in [0.15, 0.2) is 10.7 Å². The van der Waals surface area contributed by atoms with Gasteiger partial charge in [0.05, 0.1) is 12.0 Å². The number of aromatic nitrogens is 1. The minimum Gasteiger partial charge on any atom is -0.497 e. The number of nitrogens with one attached hydrogen (secondary N) is 2. The summed E-state index contributed by atoms with van der Waals surface area (Å²) >= 11 is 6.58. The predicted octanol–water partition coefficient (Wildman–Crippen LogP) is 4.69. The molecule has 0 saturated heterocycles. The first kappa shape index (κ1) is 18.1. The summed E-state index contributed by atoms with van der Waals surface area (Å²) in [5.74, 6) is 0.990. The first-order chi connectivity index (χ1) is 13.6. The van der Waals surface area contributed by atoms with Crippen LogP contribution >= 0.6 is 23.6 Å². The molecule has 2 aromatic heterocycles. The van der Waals surface area contributed by atoms with Crippen molar-refractivity contribution < 1.29 is 13.9 Å². The fourth-order valence-electron chi connectivity index (χ4n) is 2.62. The fourth-order valence-corrected chi connectivity index (χ4v) is 3.45. The van der Waals surface area contributed by atoms with Gasteiger partial charge in [-0.2, -0.15) is 0 Å². The zero-order chi connectivity index (χ0) is 19.5. The molecule has 2 heterocycles. The van der Waals surface area contributed by atoms with Gasteiger partial charge in [0, 0.05) is 11.3 Å². The molecule has 28 heavy (non-hydrogen) atoms. The monoisotopic (exact) mass is 409 g/mol. The molecule has 140 valence electrons. The number of nitrogens with zero attached hydrogens (tertiary/aromatic N) is 1. The summed E-state index contributed by atoms with van der Waals surface area (Å²) in [6.07, 6.45) is 0. The maximum absolute atomic E-state index is 12.1. The Kier molecular flexibility index (Phi) is 5.05. The van der Waals surface area contributed by atoms with Crippen molar-refractivity contribution in [3.8, 4) is 17.2 Å². The van der Waals surface area contributed by atoms with Crippen LogP contribution in [0.5, 0.6) is 5.75 Å². The van der Waals surface area contributed by atoms with Gasteiger partial charge in [-0.05, 0) is 60.1 Å². The van der Waals surface area contributed by atoms with E-state index in [1.165, 1.54) is 11.3 Å². The minimum atomic E-state index is -0.240. The maximum atomic E-state index is 12.1. The second-order valence-corrected chi connectivity index (χ2v) is 7.17. The molecule has 0 spiro atoms. The van der Waals surface area contributed by atoms with Crippen LogP contribution in [0, 0.1) is 0 Å². The highest BCUT2D eigenvalue weighted by Crippen LogP contribution is 2.28. The molecule has 0 bridgehead atoms. The van der Waals surface area contributed by atoms with Crippen LogP contribution in [-0.4, -0.2) is 23.1 Å². The molecule has 0 aliphatic heterocycles. The largest absolute Gasteiger partial charge is 0.497 e. The molecular formula is C20H15N3O3S2. The maximum Gasteiger partial charge on any atom is 0.267 e. The molecule has 4 rings (SSSR count). The zero-order valence-corrected chi connectivity index (χ0v) is 16.4. The van der Waals surface area contributed by atoms with Crippen molar-refractivity contribution in [3.63, 3.8) is 0 Å². The van der Waals surface area contributed by atoms with Gasteiger partial charge in [-0.25, -0.2) is 4.98 Å². The molecule has 0 radical (unpaired) electrons. The van der Waals surface area contributed by atoms with Gasteiger partial charge in [-0.3, -0.25) is 10.1 Å². The van der Waals surface area contributed by atoms with Crippen LogP contribution in [0.4, 0.5) is 5.69 Å². The van der Waals surface area contributed by atoms with E-state index in [2.05, 4.69) is 15.6 Å². The van der Waals surface area contributed by atoms with Crippen LogP contribution < -0.4 is 15.4 Å². The number of anilines is 1. The normalized spacial score (nSPS) is 10.6. The Labute approximate surface area is 170 Å². The molecule has 2 aromatic carbocycles. The number of rotatable bonds is 4. The third kappa shape index (κ3) is 3.88. The van der Waals surface area contributed by atoms with Crippen molar-refractivity contribution in [2.24, 2.45) is 0 Å². The summed E-state index contributed by atoms with van der Waals surface area (Å²) in [4.78, 5) is 17.2. The lowest BCUT2D eigenvalue weighted by atomic mass is 10.2. The molecule has 4 aromatic rings. The number of carbonyl (C=O) groups excluding carboxylic acids is 1. The highest BCUT2D eigenvalue weighted by Gasteiger charge is 2.12. The number of hydrogen-bond acceptors (Lipinski definition) is 6. The van der Waals surface area contributed by atoms with Crippen molar-refractivity contribution >= 4 is 51.4 Å². The van der Waals surface area contributed by atoms with Crippen molar-refractivity contribution in [3.05, 3.63) is 64.9 Å². The third-order valence-corrected chi connectivity index (χ3v) is 5.01. The van der Waals surface area contributed by atoms with Gasteiger partial charge in [-0.15, -0.1) is 11.3 Å². The number of ether oxygens (including phenoxy) is 1. The quantitative estimate of drug-likeness (QED) is 0.476. The second-order valence-electron chi connectivity index (χ2n) is 5.82. The lowest BCUT2D eigenvalue weighted by Crippen LogP contribution is -2.33. The number of hydrogen-bond donors (Lipinski definition) is 2. The summed E-state index contributed by atoms with van der Waals surface area (Å²) in [7, 11) is 1.61. The number of amides is 1. The number of carbonyl (C=O) groups is 1. The van der Waals surface area contributed by atoms with Crippen molar-refractivity contribution in [1.82, 2.24) is 10.3 Å². The van der Waals surface area contributed by atoms with Crippen LogP contribution in [0.1, 0.15) is 9.67 Å². The van der Waals surface area contributed by atoms with Crippen molar-refractivity contribution in [1.29, 1.82) is 0 Å². The highest BCUT2D eigenvalue weighted by molar-refractivity contribution is 7.80. The molecule has 2 N–H and O–H groups in total. The van der Waals surface area contributed by atoms with E-state index < -0.39 is 0 Å². The Morgan fingerprint density at radius 1 is 1.18 bits per heavy atom. The second kappa shape index (κ2) is 7.79. The number of thiophene rings is 1. The van der Waals surface area contributed by atoms with Crippen LogP contribution in [0.2, 0.25) is 0 Å². The number of oxazole rings is 1. The molecule has 0 atom stereocenters. The van der Waals surface area contributed by atoms with E-state index in [1.807, 2.05) is 47.8 Å². The Hall–Kier alpha value is -3.23. The van der Waals surface area contributed by atoms with Gasteiger partial charge in [0.2, 0.25) is 5.89 Å². The fraction of sp³-hybridized carbons (Fsp3) is 0.0500. The number of methoxy groups -OCH3 is 1. The van der Waals surface area contributed by atoms with Gasteiger partial charge < -0.3 is 14.5 Å². The molecule has 0 saturated carbocycles. The molecule has 0 fully saturated rings. The number of fused-ring (bicyclic) bond motifs is 1. The Balaban J connectivity index is 1.51. The zero-order valence-electron chi connectivity index (χ0n) is 14.8. The lowest BCUT2D eigenvalue weighted by Gasteiger charge is -2.08.